The molecule has 2 aromatic heterocycles. The molecule has 1 amide bonds. The van der Waals surface area contributed by atoms with E-state index in [9.17, 15) is 4.79 Å². The second-order valence-corrected chi connectivity index (χ2v) is 6.20. The Labute approximate surface area is 127 Å². The van der Waals surface area contributed by atoms with Crippen molar-refractivity contribution in [1.29, 1.82) is 0 Å². The van der Waals surface area contributed by atoms with Crippen LogP contribution in [0.1, 0.15) is 0 Å². The van der Waals surface area contributed by atoms with E-state index in [4.69, 9.17) is 17.3 Å². The molecule has 0 radical (unpaired) electrons. The minimum atomic E-state index is -0.380. The first-order valence-corrected chi connectivity index (χ1v) is 7.89. The predicted molar refractivity (Wildman–Crippen MR) is 81.2 cm³/mol. The molecular weight excluding hydrogens is 316 g/mol. The number of hydrogen-bond donors (Lipinski definition) is 1. The summed E-state index contributed by atoms with van der Waals surface area (Å²) < 4.78 is 1.92. The van der Waals surface area contributed by atoms with Crippen molar-refractivity contribution < 1.29 is 4.79 Å². The zero-order chi connectivity index (χ0) is 14.1. The Morgan fingerprint density at radius 2 is 2.10 bits per heavy atom. The SMILES string of the molecule is NC(=O)CSc1nnc2scc(-c3ccc(Cl)cc3)n12. The highest BCUT2D eigenvalue weighted by Gasteiger charge is 2.14. The van der Waals surface area contributed by atoms with Crippen molar-refractivity contribution >= 4 is 45.6 Å². The molecule has 0 spiro atoms. The van der Waals surface area contributed by atoms with Gasteiger partial charge in [0.05, 0.1) is 11.4 Å². The largest absolute Gasteiger partial charge is 0.369 e. The number of carbonyl (C=O) groups is 1. The summed E-state index contributed by atoms with van der Waals surface area (Å²) in [5.74, 6) is -0.202. The summed E-state index contributed by atoms with van der Waals surface area (Å²) in [7, 11) is 0. The molecule has 0 bridgehead atoms. The van der Waals surface area contributed by atoms with Gasteiger partial charge in [-0.3, -0.25) is 9.20 Å². The fourth-order valence-electron chi connectivity index (χ4n) is 1.75. The predicted octanol–water partition coefficient (Wildman–Crippen LogP) is 2.69. The number of hydrogen-bond acceptors (Lipinski definition) is 5. The normalized spacial score (nSPS) is 11.1. The molecule has 3 rings (SSSR count). The summed E-state index contributed by atoms with van der Waals surface area (Å²) in [6.45, 7) is 0. The monoisotopic (exact) mass is 324 g/mol. The molecule has 2 heterocycles. The van der Waals surface area contributed by atoms with Gasteiger partial charge in [-0.25, -0.2) is 0 Å². The summed E-state index contributed by atoms with van der Waals surface area (Å²) in [5, 5.41) is 11.5. The van der Waals surface area contributed by atoms with E-state index in [2.05, 4.69) is 10.2 Å². The average Bonchev–Trinajstić information content (AvgIpc) is 2.99. The fraction of sp³-hybridized carbons (Fsp3) is 0.0833. The van der Waals surface area contributed by atoms with Gasteiger partial charge in [0.2, 0.25) is 10.9 Å². The van der Waals surface area contributed by atoms with E-state index in [0.29, 0.717) is 10.2 Å². The minimum absolute atomic E-state index is 0.177. The Balaban J connectivity index is 2.04. The molecule has 0 saturated heterocycles. The molecule has 1 aromatic carbocycles. The van der Waals surface area contributed by atoms with Crippen LogP contribution in [0.5, 0.6) is 0 Å². The molecule has 2 N–H and O–H groups in total. The van der Waals surface area contributed by atoms with Crippen molar-refractivity contribution in [2.75, 3.05) is 5.75 Å². The first kappa shape index (κ1) is 13.4. The van der Waals surface area contributed by atoms with E-state index in [0.717, 1.165) is 16.2 Å². The van der Waals surface area contributed by atoms with Gasteiger partial charge in [-0.1, -0.05) is 35.5 Å². The number of nitrogens with two attached hydrogens (primary N) is 1. The highest BCUT2D eigenvalue weighted by Crippen LogP contribution is 2.30. The van der Waals surface area contributed by atoms with Crippen molar-refractivity contribution in [2.24, 2.45) is 5.73 Å². The van der Waals surface area contributed by atoms with Gasteiger partial charge >= 0.3 is 0 Å². The smallest absolute Gasteiger partial charge is 0.227 e. The maximum absolute atomic E-state index is 10.9. The number of amides is 1. The molecule has 5 nitrogen and oxygen atoms in total. The lowest BCUT2D eigenvalue weighted by atomic mass is 10.2. The fourth-order valence-corrected chi connectivity index (χ4v) is 3.45. The number of fused-ring (bicyclic) bond motifs is 1. The molecule has 0 atom stereocenters. The van der Waals surface area contributed by atoms with Crippen molar-refractivity contribution in [3.63, 3.8) is 0 Å². The summed E-state index contributed by atoms with van der Waals surface area (Å²) in [5.41, 5.74) is 7.15. The molecule has 102 valence electrons. The maximum atomic E-state index is 10.9. The number of nitrogens with zero attached hydrogens (tertiary/aromatic N) is 3. The van der Waals surface area contributed by atoms with Crippen LogP contribution in [0.15, 0.2) is 34.8 Å². The summed E-state index contributed by atoms with van der Waals surface area (Å²) in [6, 6.07) is 7.54. The number of halogens is 1. The first-order chi connectivity index (χ1) is 9.65. The van der Waals surface area contributed by atoms with E-state index >= 15 is 0 Å². The van der Waals surface area contributed by atoms with Gasteiger partial charge in [0.1, 0.15) is 0 Å². The van der Waals surface area contributed by atoms with Crippen LogP contribution in [0.4, 0.5) is 0 Å². The topological polar surface area (TPSA) is 73.3 Å². The zero-order valence-corrected chi connectivity index (χ0v) is 12.5. The summed E-state index contributed by atoms with van der Waals surface area (Å²) >= 11 is 8.67. The van der Waals surface area contributed by atoms with Gasteiger partial charge in [0, 0.05) is 10.4 Å². The van der Waals surface area contributed by atoms with Crippen LogP contribution >= 0.6 is 34.7 Å². The number of primary amides is 1. The highest BCUT2D eigenvalue weighted by atomic mass is 35.5. The second-order valence-electron chi connectivity index (χ2n) is 3.98. The third-order valence-electron chi connectivity index (χ3n) is 2.60. The molecule has 0 unspecified atom stereocenters. The van der Waals surface area contributed by atoms with E-state index in [1.54, 1.807) is 0 Å². The third-order valence-corrected chi connectivity index (χ3v) is 4.62. The molecule has 20 heavy (non-hydrogen) atoms. The van der Waals surface area contributed by atoms with E-state index in [1.165, 1.54) is 23.1 Å². The van der Waals surface area contributed by atoms with Crippen molar-refractivity contribution in [3.05, 3.63) is 34.7 Å². The Morgan fingerprint density at radius 1 is 1.35 bits per heavy atom. The number of benzene rings is 1. The standard InChI is InChI=1S/C12H9ClN4OS2/c13-8-3-1-7(2-4-8)9-5-19-11-15-16-12(17(9)11)20-6-10(14)18/h1-5H,6H2,(H2,14,18). The number of carbonyl (C=O) groups excluding carboxylic acids is 1. The molecule has 0 saturated carbocycles. The molecule has 0 aliphatic carbocycles. The van der Waals surface area contributed by atoms with Crippen LogP contribution in [0.25, 0.3) is 16.2 Å². The van der Waals surface area contributed by atoms with Crippen molar-refractivity contribution in [2.45, 2.75) is 5.16 Å². The van der Waals surface area contributed by atoms with Crippen LogP contribution in [0, 0.1) is 0 Å². The van der Waals surface area contributed by atoms with Gasteiger partial charge < -0.3 is 5.73 Å². The van der Waals surface area contributed by atoms with Gasteiger partial charge in [0.15, 0.2) is 5.16 Å². The van der Waals surface area contributed by atoms with Crippen LogP contribution in [-0.2, 0) is 4.79 Å². The van der Waals surface area contributed by atoms with Gasteiger partial charge in [-0.15, -0.1) is 21.5 Å². The van der Waals surface area contributed by atoms with Crippen molar-refractivity contribution in [3.8, 4) is 11.3 Å². The lowest BCUT2D eigenvalue weighted by Crippen LogP contribution is -2.13. The van der Waals surface area contributed by atoms with E-state index in [-0.39, 0.29) is 11.7 Å². The van der Waals surface area contributed by atoms with Crippen molar-refractivity contribution in [1.82, 2.24) is 14.6 Å². The lowest BCUT2D eigenvalue weighted by Gasteiger charge is -2.02. The third kappa shape index (κ3) is 2.52. The highest BCUT2D eigenvalue weighted by molar-refractivity contribution is 7.99. The first-order valence-electron chi connectivity index (χ1n) is 5.65. The second kappa shape index (κ2) is 5.43. The molecule has 0 aliphatic rings. The number of thiazole rings is 1. The molecular formula is C12H9ClN4OS2. The van der Waals surface area contributed by atoms with Gasteiger partial charge in [-0.2, -0.15) is 0 Å². The number of aromatic nitrogens is 3. The molecule has 0 fully saturated rings. The Bertz CT molecular complexity index is 765. The summed E-state index contributed by atoms with van der Waals surface area (Å²) in [6.07, 6.45) is 0. The van der Waals surface area contributed by atoms with Crippen LogP contribution in [0.2, 0.25) is 5.02 Å². The zero-order valence-electron chi connectivity index (χ0n) is 10.1. The van der Waals surface area contributed by atoms with Gasteiger partial charge in [-0.05, 0) is 17.7 Å². The minimum Gasteiger partial charge on any atom is -0.369 e. The van der Waals surface area contributed by atoms with Crippen LogP contribution in [-0.4, -0.2) is 26.3 Å². The Kier molecular flexibility index (Phi) is 3.64. The number of rotatable bonds is 4. The molecule has 8 heteroatoms. The average molecular weight is 325 g/mol. The van der Waals surface area contributed by atoms with E-state index < -0.39 is 0 Å². The maximum Gasteiger partial charge on any atom is 0.227 e. The van der Waals surface area contributed by atoms with E-state index in [1.807, 2.05) is 34.0 Å². The molecule has 3 aromatic rings. The Hall–Kier alpha value is -1.57. The Morgan fingerprint density at radius 3 is 2.80 bits per heavy atom. The van der Waals surface area contributed by atoms with Crippen LogP contribution in [0.3, 0.4) is 0 Å². The quantitative estimate of drug-likeness (QED) is 0.749. The van der Waals surface area contributed by atoms with Crippen LogP contribution < -0.4 is 5.73 Å². The molecule has 0 aliphatic heterocycles. The number of thioether (sulfide) groups is 1. The summed E-state index contributed by atoms with van der Waals surface area (Å²) in [4.78, 5) is 11.7. The van der Waals surface area contributed by atoms with Gasteiger partial charge in [0.25, 0.3) is 0 Å². The lowest BCUT2D eigenvalue weighted by molar-refractivity contribution is -0.115.